The molecule has 0 aliphatic heterocycles. The van der Waals surface area contributed by atoms with Gasteiger partial charge in [-0.2, -0.15) is 0 Å². The van der Waals surface area contributed by atoms with Gasteiger partial charge in [0.25, 0.3) is 0 Å². The Morgan fingerprint density at radius 3 is 2.75 bits per heavy atom. The summed E-state index contributed by atoms with van der Waals surface area (Å²) in [7, 11) is 0. The summed E-state index contributed by atoms with van der Waals surface area (Å²) in [5.41, 5.74) is 0.614. The van der Waals surface area contributed by atoms with Gasteiger partial charge in [0.1, 0.15) is 5.82 Å². The number of likely N-dealkylation sites (N-methyl/N-ethyl adjacent to an activating group) is 1. The van der Waals surface area contributed by atoms with Crippen LogP contribution in [0.15, 0.2) is 18.2 Å². The van der Waals surface area contributed by atoms with Crippen LogP contribution in [0, 0.1) is 11.7 Å². The van der Waals surface area contributed by atoms with Crippen molar-refractivity contribution in [2.24, 2.45) is 5.92 Å². The van der Waals surface area contributed by atoms with Crippen molar-refractivity contribution in [3.8, 4) is 0 Å². The first kappa shape index (κ1) is 11.9. The van der Waals surface area contributed by atoms with Crippen LogP contribution in [0.25, 0.3) is 0 Å². The highest BCUT2D eigenvalue weighted by Crippen LogP contribution is 2.55. The molecule has 1 aliphatic carbocycles. The molecule has 0 spiro atoms. The van der Waals surface area contributed by atoms with E-state index in [2.05, 4.69) is 19.2 Å². The number of rotatable bonds is 4. The molecule has 0 amide bonds. The van der Waals surface area contributed by atoms with E-state index in [4.69, 9.17) is 11.6 Å². The molecule has 2 rings (SSSR count). The maximum absolute atomic E-state index is 13.9. The molecule has 1 N–H and O–H groups in total. The molecule has 1 saturated carbocycles. The fourth-order valence-corrected chi connectivity index (χ4v) is 2.84. The zero-order chi connectivity index (χ0) is 11.8. The molecule has 1 aromatic carbocycles. The molecule has 88 valence electrons. The third-order valence-electron chi connectivity index (χ3n) is 3.60. The molecule has 0 saturated heterocycles. The van der Waals surface area contributed by atoms with Gasteiger partial charge in [-0.25, -0.2) is 4.39 Å². The number of benzene rings is 1. The van der Waals surface area contributed by atoms with E-state index in [0.29, 0.717) is 16.5 Å². The van der Waals surface area contributed by atoms with Crippen LogP contribution in [0.1, 0.15) is 25.8 Å². The lowest BCUT2D eigenvalue weighted by Gasteiger charge is -2.19. The lowest BCUT2D eigenvalue weighted by molar-refractivity contribution is 0.515. The summed E-state index contributed by atoms with van der Waals surface area (Å²) >= 11 is 6.13. The van der Waals surface area contributed by atoms with Gasteiger partial charge in [-0.15, -0.1) is 0 Å². The lowest BCUT2D eigenvalue weighted by Crippen LogP contribution is -2.29. The van der Waals surface area contributed by atoms with Crippen LogP contribution in [0.4, 0.5) is 4.39 Å². The van der Waals surface area contributed by atoms with Gasteiger partial charge in [0.2, 0.25) is 0 Å². The minimum Gasteiger partial charge on any atom is -0.316 e. The average molecular weight is 242 g/mol. The quantitative estimate of drug-likeness (QED) is 0.852. The Hall–Kier alpha value is -0.600. The summed E-state index contributed by atoms with van der Waals surface area (Å²) in [5.74, 6) is 0.329. The van der Waals surface area contributed by atoms with Crippen molar-refractivity contribution in [1.29, 1.82) is 0 Å². The number of nitrogens with one attached hydrogen (secondary N) is 1. The van der Waals surface area contributed by atoms with Gasteiger partial charge in [0.05, 0.1) is 0 Å². The van der Waals surface area contributed by atoms with Gasteiger partial charge in [0, 0.05) is 22.5 Å². The van der Waals surface area contributed by atoms with E-state index in [1.165, 1.54) is 6.07 Å². The first-order valence-electron chi connectivity index (χ1n) is 5.77. The molecule has 16 heavy (non-hydrogen) atoms. The molecule has 0 bridgehead atoms. The van der Waals surface area contributed by atoms with Gasteiger partial charge < -0.3 is 5.32 Å². The molecule has 2 atom stereocenters. The van der Waals surface area contributed by atoms with E-state index >= 15 is 0 Å². The highest BCUT2D eigenvalue weighted by molar-refractivity contribution is 6.31. The van der Waals surface area contributed by atoms with Crippen LogP contribution in [0.2, 0.25) is 5.02 Å². The van der Waals surface area contributed by atoms with Gasteiger partial charge >= 0.3 is 0 Å². The molecular weight excluding hydrogens is 225 g/mol. The topological polar surface area (TPSA) is 12.0 Å². The second-order valence-corrected chi connectivity index (χ2v) is 5.05. The Morgan fingerprint density at radius 2 is 2.25 bits per heavy atom. The van der Waals surface area contributed by atoms with Crippen LogP contribution in [0.3, 0.4) is 0 Å². The molecule has 2 unspecified atom stereocenters. The molecule has 1 fully saturated rings. The smallest absolute Gasteiger partial charge is 0.128 e. The largest absolute Gasteiger partial charge is 0.316 e. The maximum Gasteiger partial charge on any atom is 0.128 e. The number of hydrogen-bond acceptors (Lipinski definition) is 1. The summed E-state index contributed by atoms with van der Waals surface area (Å²) in [6.45, 7) is 5.93. The Morgan fingerprint density at radius 1 is 1.56 bits per heavy atom. The fraction of sp³-hybridized carbons (Fsp3) is 0.538. The van der Waals surface area contributed by atoms with E-state index in [0.717, 1.165) is 19.5 Å². The van der Waals surface area contributed by atoms with Crippen molar-refractivity contribution in [2.75, 3.05) is 13.1 Å². The van der Waals surface area contributed by atoms with Crippen molar-refractivity contribution in [3.05, 3.63) is 34.6 Å². The maximum atomic E-state index is 13.9. The second kappa shape index (κ2) is 4.34. The minimum absolute atomic E-state index is 0.0849. The molecule has 0 heterocycles. The van der Waals surface area contributed by atoms with Gasteiger partial charge in [-0.05, 0) is 31.0 Å². The van der Waals surface area contributed by atoms with Gasteiger partial charge in [-0.3, -0.25) is 0 Å². The van der Waals surface area contributed by atoms with Crippen molar-refractivity contribution >= 4 is 11.6 Å². The van der Waals surface area contributed by atoms with E-state index < -0.39 is 0 Å². The van der Waals surface area contributed by atoms with E-state index in [1.807, 2.05) is 0 Å². The Labute approximate surface area is 101 Å². The molecule has 1 aromatic rings. The Kier molecular flexibility index (Phi) is 3.22. The lowest BCUT2D eigenvalue weighted by atomic mass is 9.92. The van der Waals surface area contributed by atoms with Crippen LogP contribution in [0.5, 0.6) is 0 Å². The summed E-state index contributed by atoms with van der Waals surface area (Å²) in [5, 5.41) is 3.87. The van der Waals surface area contributed by atoms with Crippen molar-refractivity contribution < 1.29 is 4.39 Å². The molecular formula is C13H17ClFN. The zero-order valence-electron chi connectivity index (χ0n) is 9.69. The number of halogens is 2. The van der Waals surface area contributed by atoms with Crippen LogP contribution < -0.4 is 5.32 Å². The first-order valence-corrected chi connectivity index (χ1v) is 6.15. The molecule has 1 aliphatic rings. The predicted molar refractivity (Wildman–Crippen MR) is 65.4 cm³/mol. The first-order chi connectivity index (χ1) is 7.62. The summed E-state index contributed by atoms with van der Waals surface area (Å²) in [4.78, 5) is 0. The van der Waals surface area contributed by atoms with Gasteiger partial charge in [-0.1, -0.05) is 31.5 Å². The van der Waals surface area contributed by atoms with Crippen LogP contribution in [-0.2, 0) is 5.41 Å². The summed E-state index contributed by atoms with van der Waals surface area (Å²) in [6, 6.07) is 4.94. The third-order valence-corrected chi connectivity index (χ3v) is 3.92. The monoisotopic (exact) mass is 241 g/mol. The molecule has 1 nitrogen and oxygen atoms in total. The van der Waals surface area contributed by atoms with Crippen molar-refractivity contribution in [1.82, 2.24) is 5.32 Å². The van der Waals surface area contributed by atoms with E-state index in [1.54, 1.807) is 12.1 Å². The predicted octanol–water partition coefficient (Wildman–Crippen LogP) is 3.37. The highest BCUT2D eigenvalue weighted by Gasteiger charge is 2.54. The second-order valence-electron chi connectivity index (χ2n) is 4.64. The molecule has 0 aromatic heterocycles. The minimum atomic E-state index is -0.172. The summed E-state index contributed by atoms with van der Waals surface area (Å²) in [6.07, 6.45) is 1.01. The van der Waals surface area contributed by atoms with E-state index in [9.17, 15) is 4.39 Å². The SMILES string of the molecule is CCNCC1(c2c(F)cccc2Cl)CC1C. The zero-order valence-corrected chi connectivity index (χ0v) is 10.4. The number of hydrogen-bond donors (Lipinski definition) is 1. The Bertz CT molecular complexity index is 373. The standard InChI is InChI=1S/C13H17ClFN/c1-3-16-8-13(7-9(13)2)12-10(14)5-4-6-11(12)15/h4-6,9,16H,3,7-8H2,1-2H3. The van der Waals surface area contributed by atoms with Crippen molar-refractivity contribution in [2.45, 2.75) is 25.7 Å². The van der Waals surface area contributed by atoms with Crippen molar-refractivity contribution in [3.63, 3.8) is 0 Å². The van der Waals surface area contributed by atoms with Crippen LogP contribution >= 0.6 is 11.6 Å². The third kappa shape index (κ3) is 1.85. The normalized spacial score (nSPS) is 28.1. The molecule has 0 radical (unpaired) electrons. The average Bonchev–Trinajstić information content (AvgIpc) is 2.87. The highest BCUT2D eigenvalue weighted by atomic mass is 35.5. The summed E-state index contributed by atoms with van der Waals surface area (Å²) < 4.78 is 13.9. The fourth-order valence-electron chi connectivity index (χ4n) is 2.49. The van der Waals surface area contributed by atoms with Gasteiger partial charge in [0.15, 0.2) is 0 Å². The molecule has 3 heteroatoms. The van der Waals surface area contributed by atoms with E-state index in [-0.39, 0.29) is 11.2 Å². The van der Waals surface area contributed by atoms with Crippen LogP contribution in [-0.4, -0.2) is 13.1 Å². The Balaban J connectivity index is 2.34.